The summed E-state index contributed by atoms with van der Waals surface area (Å²) >= 11 is 5.81. The van der Waals surface area contributed by atoms with E-state index < -0.39 is 6.04 Å². The molecule has 0 radical (unpaired) electrons. The van der Waals surface area contributed by atoms with Gasteiger partial charge in [-0.25, -0.2) is 0 Å². The average Bonchev–Trinajstić information content (AvgIpc) is 3.06. The Morgan fingerprint density at radius 2 is 2.19 bits per heavy atom. The van der Waals surface area contributed by atoms with Gasteiger partial charge in [-0.05, 0) is 6.92 Å². The summed E-state index contributed by atoms with van der Waals surface area (Å²) in [6.07, 6.45) is 3.11. The molecule has 2 heterocycles. The van der Waals surface area contributed by atoms with Crippen molar-refractivity contribution in [2.24, 2.45) is 0 Å². The Kier molecular flexibility index (Phi) is 4.62. The molecule has 0 bridgehead atoms. The van der Waals surface area contributed by atoms with Crippen molar-refractivity contribution in [2.45, 2.75) is 39.3 Å². The lowest BCUT2D eigenvalue weighted by atomic mass is 10.2. The fraction of sp³-hybridized carbons (Fsp3) is 0.538. The van der Waals surface area contributed by atoms with Crippen LogP contribution < -0.4 is 0 Å². The Balaban J connectivity index is 2.01. The largest absolute Gasteiger partial charge is 0.337 e. The van der Waals surface area contributed by atoms with E-state index in [1.807, 2.05) is 13.8 Å². The summed E-state index contributed by atoms with van der Waals surface area (Å²) in [5, 5.41) is 8.41. The molecule has 0 saturated heterocycles. The van der Waals surface area contributed by atoms with Crippen molar-refractivity contribution in [3.8, 4) is 0 Å². The Labute approximate surface area is 127 Å². The van der Waals surface area contributed by atoms with E-state index in [0.29, 0.717) is 16.7 Å². The van der Waals surface area contributed by atoms with Crippen molar-refractivity contribution in [3.63, 3.8) is 0 Å². The van der Waals surface area contributed by atoms with Crippen molar-refractivity contribution in [1.29, 1.82) is 0 Å². The summed E-state index contributed by atoms with van der Waals surface area (Å²) in [5.74, 6) is 1.13. The van der Waals surface area contributed by atoms with Gasteiger partial charge in [0.05, 0.1) is 17.8 Å². The fourth-order valence-corrected chi connectivity index (χ4v) is 1.95. The van der Waals surface area contributed by atoms with E-state index in [0.717, 1.165) is 0 Å². The number of hydrogen-bond donors (Lipinski definition) is 0. The van der Waals surface area contributed by atoms with Gasteiger partial charge >= 0.3 is 0 Å². The maximum atomic E-state index is 12.3. The third kappa shape index (κ3) is 3.60. The Morgan fingerprint density at radius 3 is 2.71 bits per heavy atom. The van der Waals surface area contributed by atoms with Crippen LogP contribution in [0.2, 0.25) is 5.02 Å². The highest BCUT2D eigenvalue weighted by Gasteiger charge is 2.22. The molecule has 0 N–H and O–H groups in total. The summed E-state index contributed by atoms with van der Waals surface area (Å²) in [6, 6.07) is -0.449. The Hall–Kier alpha value is -1.89. The number of carbonyl (C=O) groups is 1. The molecule has 2 rings (SSSR count). The predicted molar refractivity (Wildman–Crippen MR) is 76.8 cm³/mol. The van der Waals surface area contributed by atoms with Crippen LogP contribution in [0.15, 0.2) is 16.9 Å². The van der Waals surface area contributed by atoms with E-state index in [1.165, 1.54) is 15.8 Å². The van der Waals surface area contributed by atoms with Gasteiger partial charge in [-0.2, -0.15) is 10.1 Å². The van der Waals surface area contributed by atoms with Gasteiger partial charge < -0.3 is 9.42 Å². The third-order valence-electron chi connectivity index (χ3n) is 3.07. The monoisotopic (exact) mass is 311 g/mol. The van der Waals surface area contributed by atoms with E-state index in [-0.39, 0.29) is 18.4 Å². The van der Waals surface area contributed by atoms with Crippen molar-refractivity contribution in [1.82, 2.24) is 24.8 Å². The zero-order valence-corrected chi connectivity index (χ0v) is 13.2. The van der Waals surface area contributed by atoms with E-state index >= 15 is 0 Å². The molecule has 8 heteroatoms. The van der Waals surface area contributed by atoms with Crippen LogP contribution in [0.25, 0.3) is 0 Å². The highest BCUT2D eigenvalue weighted by molar-refractivity contribution is 6.30. The minimum absolute atomic E-state index is 0.112. The molecule has 0 aliphatic heterocycles. The van der Waals surface area contributed by atoms with Crippen LogP contribution >= 0.6 is 11.6 Å². The molecule has 2 aromatic rings. The molecule has 0 spiro atoms. The van der Waals surface area contributed by atoms with Crippen molar-refractivity contribution in [3.05, 3.63) is 29.1 Å². The topological polar surface area (TPSA) is 77.0 Å². The van der Waals surface area contributed by atoms with E-state index in [9.17, 15) is 4.79 Å². The molecule has 1 amide bonds. The molecule has 0 fully saturated rings. The number of carbonyl (C=O) groups excluding carboxylic acids is 1. The van der Waals surface area contributed by atoms with Gasteiger partial charge in [0.25, 0.3) is 0 Å². The summed E-state index contributed by atoms with van der Waals surface area (Å²) in [7, 11) is 1.68. The molecule has 0 saturated carbocycles. The smallest absolute Gasteiger partial charge is 0.247 e. The number of aromatic nitrogens is 4. The molecule has 0 aromatic carbocycles. The van der Waals surface area contributed by atoms with E-state index in [2.05, 4.69) is 15.2 Å². The third-order valence-corrected chi connectivity index (χ3v) is 3.27. The fourth-order valence-electron chi connectivity index (χ4n) is 1.81. The van der Waals surface area contributed by atoms with Crippen molar-refractivity contribution >= 4 is 17.5 Å². The van der Waals surface area contributed by atoms with Gasteiger partial charge in [-0.15, -0.1) is 0 Å². The van der Waals surface area contributed by atoms with Gasteiger partial charge in [0.15, 0.2) is 5.82 Å². The zero-order chi connectivity index (χ0) is 15.6. The van der Waals surface area contributed by atoms with Crippen molar-refractivity contribution in [2.75, 3.05) is 7.05 Å². The molecule has 2 aromatic heterocycles. The molecule has 21 heavy (non-hydrogen) atoms. The van der Waals surface area contributed by atoms with Gasteiger partial charge in [0.1, 0.15) is 6.04 Å². The first-order valence-corrected chi connectivity index (χ1v) is 7.03. The number of rotatable bonds is 5. The lowest BCUT2D eigenvalue weighted by molar-refractivity contribution is -0.134. The number of hydrogen-bond acceptors (Lipinski definition) is 5. The SMILES string of the molecule is CC(C)c1noc(CN(C)C(=O)[C@H](C)n2cc(Cl)cn2)n1. The minimum atomic E-state index is -0.449. The number of amides is 1. The summed E-state index contributed by atoms with van der Waals surface area (Å²) in [4.78, 5) is 18.1. The second kappa shape index (κ2) is 6.26. The summed E-state index contributed by atoms with van der Waals surface area (Å²) < 4.78 is 6.66. The minimum Gasteiger partial charge on any atom is -0.337 e. The van der Waals surface area contributed by atoms with Gasteiger partial charge in [-0.1, -0.05) is 30.6 Å². The molecular weight excluding hydrogens is 294 g/mol. The molecule has 0 aliphatic carbocycles. The standard InChI is InChI=1S/C13H18ClN5O2/c1-8(2)12-16-11(21-17-12)7-18(4)13(20)9(3)19-6-10(14)5-15-19/h5-6,8-9H,7H2,1-4H3/t9-/m0/s1. The first-order valence-electron chi connectivity index (χ1n) is 6.65. The van der Waals surface area contributed by atoms with Crippen LogP contribution in [0, 0.1) is 0 Å². The lowest BCUT2D eigenvalue weighted by Crippen LogP contribution is -2.33. The molecule has 1 atom stereocenters. The van der Waals surface area contributed by atoms with E-state index in [4.69, 9.17) is 16.1 Å². The molecule has 114 valence electrons. The molecule has 0 unspecified atom stereocenters. The van der Waals surface area contributed by atoms with Crippen LogP contribution in [0.4, 0.5) is 0 Å². The first-order chi connectivity index (χ1) is 9.88. The highest BCUT2D eigenvalue weighted by Crippen LogP contribution is 2.15. The van der Waals surface area contributed by atoms with Gasteiger partial charge in [-0.3, -0.25) is 9.48 Å². The quantitative estimate of drug-likeness (QED) is 0.846. The maximum absolute atomic E-state index is 12.3. The van der Waals surface area contributed by atoms with Crippen LogP contribution in [0.3, 0.4) is 0 Å². The van der Waals surface area contributed by atoms with E-state index in [1.54, 1.807) is 20.2 Å². The summed E-state index contributed by atoms with van der Waals surface area (Å²) in [5.41, 5.74) is 0. The number of halogens is 1. The molecule has 0 aliphatic rings. The average molecular weight is 312 g/mol. The normalized spacial score (nSPS) is 12.7. The van der Waals surface area contributed by atoms with Gasteiger partial charge in [0.2, 0.25) is 11.8 Å². The Bertz CT molecular complexity index is 622. The van der Waals surface area contributed by atoms with Crippen LogP contribution in [-0.2, 0) is 11.3 Å². The second-order valence-corrected chi connectivity index (χ2v) is 5.65. The Morgan fingerprint density at radius 1 is 1.48 bits per heavy atom. The lowest BCUT2D eigenvalue weighted by Gasteiger charge is -2.19. The number of nitrogens with zero attached hydrogens (tertiary/aromatic N) is 5. The summed E-state index contributed by atoms with van der Waals surface area (Å²) in [6.45, 7) is 5.98. The highest BCUT2D eigenvalue weighted by atomic mass is 35.5. The first kappa shape index (κ1) is 15.5. The van der Waals surface area contributed by atoms with Crippen LogP contribution in [0.1, 0.15) is 44.4 Å². The number of likely N-dealkylation sites (N-methyl/N-ethyl adjacent to an activating group) is 1. The van der Waals surface area contributed by atoms with Crippen LogP contribution in [-0.4, -0.2) is 37.8 Å². The second-order valence-electron chi connectivity index (χ2n) is 5.21. The molecular formula is C13H18ClN5O2. The van der Waals surface area contributed by atoms with Crippen molar-refractivity contribution < 1.29 is 9.32 Å². The zero-order valence-electron chi connectivity index (χ0n) is 12.4. The maximum Gasteiger partial charge on any atom is 0.247 e. The van der Waals surface area contributed by atoms with Gasteiger partial charge in [0, 0.05) is 19.2 Å². The van der Waals surface area contributed by atoms with Crippen LogP contribution in [0.5, 0.6) is 0 Å². The predicted octanol–water partition coefficient (Wildman–Crippen LogP) is 2.26. The molecule has 7 nitrogen and oxygen atoms in total.